The van der Waals surface area contributed by atoms with Gasteiger partial charge in [-0.25, -0.2) is 0 Å². The number of aliphatic hydroxyl groups is 1. The van der Waals surface area contributed by atoms with Crippen molar-refractivity contribution in [1.82, 2.24) is 0 Å². The van der Waals surface area contributed by atoms with E-state index in [0.717, 1.165) is 12.7 Å². The Kier molecular flexibility index (Phi) is 4.53. The van der Waals surface area contributed by atoms with E-state index in [1.165, 1.54) is 6.92 Å². The minimum Gasteiger partial charge on any atom is -0.465 e. The molecule has 158 valence electrons. The lowest BCUT2D eigenvalue weighted by molar-refractivity contribution is -0.226. The van der Waals surface area contributed by atoms with Crippen molar-refractivity contribution >= 4 is 24.0 Å². The first-order valence-electron chi connectivity index (χ1n) is 10.3. The molecule has 4 fully saturated rings. The zero-order valence-electron chi connectivity index (χ0n) is 16.9. The molecule has 7 nitrogen and oxygen atoms in total. The maximum Gasteiger partial charge on any atom is 0.320 e. The SMILES string of the molecule is C=C1C(=O)[C@]23C[C@@H]1CC[C@H]2[C@@]1(CC[C@H](O)[C@@](C)(COC(C)=O)[C@H]1C=O)COC3=O. The number of Topliss-reactive ketones (excluding diaryl/α,β-unsaturated/α-hetero) is 1. The number of esters is 2. The molecular formula is C22H28O7. The predicted molar refractivity (Wildman–Crippen MR) is 100 cm³/mol. The number of ketones is 1. The molecule has 0 unspecified atom stereocenters. The standard InChI is InChI=1S/C22H28O7/c1-12-14-4-5-15-21(11-29-19(27)22(15,8-14)18(12)26)7-6-17(25)20(3,16(21)9-23)10-28-13(2)24/h9,14-17,25H,1,4-8,10-11H2,2-3H3/t14-,15-,16+,17-,20-,21+,22-/m0/s1. The lowest BCUT2D eigenvalue weighted by Crippen LogP contribution is -2.66. The number of hydrogen-bond acceptors (Lipinski definition) is 7. The number of rotatable bonds is 3. The van der Waals surface area contributed by atoms with Crippen LogP contribution in [0.5, 0.6) is 0 Å². The summed E-state index contributed by atoms with van der Waals surface area (Å²) in [7, 11) is 0. The van der Waals surface area contributed by atoms with Gasteiger partial charge in [-0.2, -0.15) is 0 Å². The number of aldehydes is 1. The summed E-state index contributed by atoms with van der Waals surface area (Å²) in [5.41, 5.74) is -2.58. The van der Waals surface area contributed by atoms with Crippen LogP contribution < -0.4 is 0 Å². The van der Waals surface area contributed by atoms with Crippen molar-refractivity contribution in [3.8, 4) is 0 Å². The van der Waals surface area contributed by atoms with Crippen LogP contribution in [-0.2, 0) is 28.7 Å². The van der Waals surface area contributed by atoms with Gasteiger partial charge < -0.3 is 19.4 Å². The first-order chi connectivity index (χ1) is 13.6. The molecule has 3 saturated carbocycles. The zero-order valence-corrected chi connectivity index (χ0v) is 16.9. The van der Waals surface area contributed by atoms with E-state index in [1.807, 2.05) is 0 Å². The zero-order chi connectivity index (χ0) is 21.2. The van der Waals surface area contributed by atoms with E-state index < -0.39 is 40.2 Å². The van der Waals surface area contributed by atoms with Crippen LogP contribution in [0, 0.1) is 34.0 Å². The van der Waals surface area contributed by atoms with Crippen molar-refractivity contribution in [2.45, 2.75) is 52.1 Å². The van der Waals surface area contributed by atoms with Crippen LogP contribution >= 0.6 is 0 Å². The van der Waals surface area contributed by atoms with Gasteiger partial charge in [0.15, 0.2) is 5.78 Å². The van der Waals surface area contributed by atoms with Crippen molar-refractivity contribution < 1.29 is 33.8 Å². The smallest absolute Gasteiger partial charge is 0.320 e. The molecule has 2 bridgehead atoms. The lowest BCUT2D eigenvalue weighted by atomic mass is 9.44. The van der Waals surface area contributed by atoms with Crippen molar-refractivity contribution in [2.75, 3.05) is 13.2 Å². The largest absolute Gasteiger partial charge is 0.465 e. The van der Waals surface area contributed by atoms with E-state index in [9.17, 15) is 24.3 Å². The Bertz CT molecular complexity index is 803. The Balaban J connectivity index is 1.81. The van der Waals surface area contributed by atoms with Gasteiger partial charge in [0.25, 0.3) is 0 Å². The number of aliphatic hydroxyl groups excluding tert-OH is 1. The Labute approximate surface area is 169 Å². The molecule has 1 heterocycles. The molecule has 1 N–H and O–H groups in total. The molecule has 0 radical (unpaired) electrons. The number of carbonyl (C=O) groups excluding carboxylic acids is 4. The normalized spacial score (nSPS) is 46.2. The number of ether oxygens (including phenoxy) is 2. The van der Waals surface area contributed by atoms with Crippen LogP contribution in [0.2, 0.25) is 0 Å². The molecule has 0 aromatic carbocycles. The van der Waals surface area contributed by atoms with E-state index in [-0.39, 0.29) is 30.8 Å². The van der Waals surface area contributed by atoms with Crippen molar-refractivity contribution in [3.63, 3.8) is 0 Å². The van der Waals surface area contributed by atoms with Crippen molar-refractivity contribution in [3.05, 3.63) is 12.2 Å². The summed E-state index contributed by atoms with van der Waals surface area (Å²) in [6.07, 6.45) is 2.59. The fourth-order valence-electron chi connectivity index (χ4n) is 6.83. The fraction of sp³-hybridized carbons (Fsp3) is 0.727. The van der Waals surface area contributed by atoms with Gasteiger partial charge in [0, 0.05) is 23.7 Å². The van der Waals surface area contributed by atoms with Crippen LogP contribution in [0.15, 0.2) is 12.2 Å². The predicted octanol–water partition coefficient (Wildman–Crippen LogP) is 1.61. The van der Waals surface area contributed by atoms with Crippen molar-refractivity contribution in [1.29, 1.82) is 0 Å². The minimum atomic E-state index is -1.27. The molecule has 0 aromatic heterocycles. The van der Waals surface area contributed by atoms with Gasteiger partial charge in [-0.05, 0) is 49.5 Å². The molecule has 4 rings (SSSR count). The summed E-state index contributed by atoms with van der Waals surface area (Å²) in [6, 6.07) is 0. The highest BCUT2D eigenvalue weighted by Crippen LogP contribution is 2.67. The monoisotopic (exact) mass is 404 g/mol. The fourth-order valence-corrected chi connectivity index (χ4v) is 6.83. The molecule has 0 amide bonds. The number of allylic oxidation sites excluding steroid dienone is 1. The first-order valence-corrected chi connectivity index (χ1v) is 10.3. The quantitative estimate of drug-likeness (QED) is 0.330. The molecule has 7 atom stereocenters. The molecule has 1 aliphatic heterocycles. The summed E-state index contributed by atoms with van der Waals surface area (Å²) in [6.45, 7) is 6.89. The third kappa shape index (κ3) is 2.46. The van der Waals surface area contributed by atoms with E-state index in [0.29, 0.717) is 31.3 Å². The molecule has 3 aliphatic carbocycles. The maximum absolute atomic E-state index is 13.2. The molecule has 7 heteroatoms. The van der Waals surface area contributed by atoms with Gasteiger partial charge in [-0.3, -0.25) is 14.4 Å². The van der Waals surface area contributed by atoms with Crippen molar-refractivity contribution in [2.24, 2.45) is 34.0 Å². The molecule has 0 aromatic rings. The number of cyclic esters (lactones) is 1. The molecule has 2 spiro atoms. The minimum absolute atomic E-state index is 0.0160. The molecule has 4 aliphatic rings. The second-order valence-electron chi connectivity index (χ2n) is 9.62. The first kappa shape index (κ1) is 20.3. The summed E-state index contributed by atoms with van der Waals surface area (Å²) < 4.78 is 10.8. The van der Waals surface area contributed by atoms with E-state index >= 15 is 0 Å². The van der Waals surface area contributed by atoms with Crippen LogP contribution in [0.3, 0.4) is 0 Å². The number of carbonyl (C=O) groups is 4. The van der Waals surface area contributed by atoms with Gasteiger partial charge in [-0.15, -0.1) is 0 Å². The second-order valence-corrected chi connectivity index (χ2v) is 9.62. The van der Waals surface area contributed by atoms with Gasteiger partial charge in [0.2, 0.25) is 0 Å². The maximum atomic E-state index is 13.2. The average molecular weight is 404 g/mol. The Morgan fingerprint density at radius 1 is 1.34 bits per heavy atom. The number of hydrogen-bond donors (Lipinski definition) is 1. The van der Waals surface area contributed by atoms with Gasteiger partial charge in [0.1, 0.15) is 11.7 Å². The highest BCUT2D eigenvalue weighted by Gasteiger charge is 2.73. The summed E-state index contributed by atoms with van der Waals surface area (Å²) >= 11 is 0. The highest BCUT2D eigenvalue weighted by molar-refractivity contribution is 6.15. The van der Waals surface area contributed by atoms with Gasteiger partial charge in [-0.1, -0.05) is 13.5 Å². The van der Waals surface area contributed by atoms with Crippen LogP contribution in [0.4, 0.5) is 0 Å². The summed E-state index contributed by atoms with van der Waals surface area (Å²) in [4.78, 5) is 50.0. The van der Waals surface area contributed by atoms with Crippen LogP contribution in [0.25, 0.3) is 0 Å². The Hall–Kier alpha value is -2.02. The molecular weight excluding hydrogens is 376 g/mol. The van der Waals surface area contributed by atoms with Crippen LogP contribution in [0.1, 0.15) is 46.0 Å². The third-order valence-corrected chi connectivity index (χ3v) is 8.38. The van der Waals surface area contributed by atoms with Gasteiger partial charge in [0.05, 0.1) is 19.3 Å². The molecule has 1 saturated heterocycles. The van der Waals surface area contributed by atoms with Gasteiger partial charge >= 0.3 is 11.9 Å². The Morgan fingerprint density at radius 2 is 2.07 bits per heavy atom. The average Bonchev–Trinajstić information content (AvgIpc) is 2.88. The summed E-state index contributed by atoms with van der Waals surface area (Å²) in [5, 5.41) is 10.8. The van der Waals surface area contributed by atoms with E-state index in [1.54, 1.807) is 6.92 Å². The summed E-state index contributed by atoms with van der Waals surface area (Å²) in [5.74, 6) is -2.31. The molecule has 29 heavy (non-hydrogen) atoms. The Morgan fingerprint density at radius 3 is 2.72 bits per heavy atom. The lowest BCUT2D eigenvalue weighted by Gasteiger charge is -2.61. The van der Waals surface area contributed by atoms with E-state index in [2.05, 4.69) is 6.58 Å². The van der Waals surface area contributed by atoms with E-state index in [4.69, 9.17) is 9.47 Å². The van der Waals surface area contributed by atoms with Crippen LogP contribution in [-0.4, -0.2) is 48.4 Å². The second kappa shape index (κ2) is 6.49. The number of fused-ring (bicyclic) bond motifs is 2. The third-order valence-electron chi connectivity index (χ3n) is 8.38. The highest BCUT2D eigenvalue weighted by atomic mass is 16.5. The topological polar surface area (TPSA) is 107 Å².